The lowest BCUT2D eigenvalue weighted by molar-refractivity contribution is -0.0498. The van der Waals surface area contributed by atoms with E-state index < -0.39 is 6.61 Å². The Morgan fingerprint density at radius 2 is 1.83 bits per heavy atom. The number of aromatic nitrogens is 1. The summed E-state index contributed by atoms with van der Waals surface area (Å²) in [4.78, 5) is 16.4. The average molecular weight is 393 g/mol. The third kappa shape index (κ3) is 3.86. The van der Waals surface area contributed by atoms with Gasteiger partial charge in [0.2, 0.25) is 0 Å². The first-order valence-corrected chi connectivity index (χ1v) is 7.72. The zero-order valence-electron chi connectivity index (χ0n) is 12.2. The van der Waals surface area contributed by atoms with E-state index in [4.69, 9.17) is 0 Å². The number of hydrogen-bond acceptors (Lipinski definition) is 3. The van der Waals surface area contributed by atoms with Gasteiger partial charge in [-0.2, -0.15) is 8.78 Å². The summed E-state index contributed by atoms with van der Waals surface area (Å²) in [6, 6.07) is 12.9. The van der Waals surface area contributed by atoms with E-state index in [9.17, 15) is 13.6 Å². The van der Waals surface area contributed by atoms with Crippen molar-refractivity contribution in [2.45, 2.75) is 6.61 Å². The molecule has 4 nitrogen and oxygen atoms in total. The smallest absolute Gasteiger partial charge is 0.387 e. The number of nitrogens with one attached hydrogen (secondary N) is 1. The second kappa shape index (κ2) is 6.92. The number of carbonyl (C=O) groups excluding carboxylic acids is 1. The minimum atomic E-state index is -2.90. The van der Waals surface area contributed by atoms with Crippen LogP contribution in [-0.4, -0.2) is 17.5 Å². The third-order valence-electron chi connectivity index (χ3n) is 3.27. The second-order valence-corrected chi connectivity index (χ2v) is 5.83. The van der Waals surface area contributed by atoms with Crippen LogP contribution in [0.3, 0.4) is 0 Å². The van der Waals surface area contributed by atoms with Crippen LogP contribution in [0.25, 0.3) is 10.8 Å². The van der Waals surface area contributed by atoms with Gasteiger partial charge in [0.25, 0.3) is 5.91 Å². The van der Waals surface area contributed by atoms with Crippen LogP contribution in [-0.2, 0) is 0 Å². The maximum absolute atomic E-state index is 12.2. The van der Waals surface area contributed by atoms with Gasteiger partial charge in [-0.1, -0.05) is 22.0 Å². The molecule has 2 aromatic carbocycles. The van der Waals surface area contributed by atoms with Crippen LogP contribution in [0.2, 0.25) is 0 Å². The monoisotopic (exact) mass is 392 g/mol. The fourth-order valence-corrected chi connectivity index (χ4v) is 2.54. The third-order valence-corrected chi connectivity index (χ3v) is 3.76. The summed E-state index contributed by atoms with van der Waals surface area (Å²) in [5, 5.41) is 4.55. The molecule has 122 valence electrons. The van der Waals surface area contributed by atoms with Crippen molar-refractivity contribution in [3.63, 3.8) is 0 Å². The molecule has 0 aliphatic heterocycles. The lowest BCUT2D eigenvalue weighted by Gasteiger charge is -2.07. The van der Waals surface area contributed by atoms with Crippen LogP contribution in [0.5, 0.6) is 5.75 Å². The number of benzene rings is 2. The Morgan fingerprint density at radius 3 is 2.54 bits per heavy atom. The van der Waals surface area contributed by atoms with Crippen molar-refractivity contribution < 1.29 is 18.3 Å². The van der Waals surface area contributed by atoms with Gasteiger partial charge in [0, 0.05) is 21.6 Å². The van der Waals surface area contributed by atoms with Gasteiger partial charge in [-0.05, 0) is 47.9 Å². The topological polar surface area (TPSA) is 51.2 Å². The lowest BCUT2D eigenvalue weighted by atomic mass is 10.1. The number of alkyl halides is 2. The number of anilines is 1. The highest BCUT2D eigenvalue weighted by atomic mass is 79.9. The molecule has 3 aromatic rings. The van der Waals surface area contributed by atoms with Crippen LogP contribution >= 0.6 is 15.9 Å². The van der Waals surface area contributed by atoms with Gasteiger partial charge in [-0.25, -0.2) is 4.98 Å². The van der Waals surface area contributed by atoms with Crippen LogP contribution < -0.4 is 10.1 Å². The van der Waals surface area contributed by atoms with E-state index >= 15 is 0 Å². The predicted molar refractivity (Wildman–Crippen MR) is 90.5 cm³/mol. The fraction of sp³-hybridized carbons (Fsp3) is 0.0588. The Bertz CT molecular complexity index is 885. The Labute approximate surface area is 144 Å². The molecule has 0 radical (unpaired) electrons. The molecular weight excluding hydrogens is 382 g/mol. The first-order chi connectivity index (χ1) is 11.5. The highest BCUT2D eigenvalue weighted by molar-refractivity contribution is 9.10. The molecule has 1 N–H and O–H groups in total. The fourth-order valence-electron chi connectivity index (χ4n) is 2.16. The number of ether oxygens (including phenoxy) is 1. The van der Waals surface area contributed by atoms with Crippen LogP contribution in [0.15, 0.2) is 59.2 Å². The summed E-state index contributed by atoms with van der Waals surface area (Å²) in [5.74, 6) is 0.00850. The number of hydrogen-bond donors (Lipinski definition) is 1. The SMILES string of the molecule is O=C(Nc1cc2cc(Br)ccc2cn1)c1ccc(OC(F)F)cc1. The van der Waals surface area contributed by atoms with E-state index in [0.717, 1.165) is 15.2 Å². The molecule has 0 aliphatic rings. The van der Waals surface area contributed by atoms with Crippen molar-refractivity contribution in [3.8, 4) is 5.75 Å². The highest BCUT2D eigenvalue weighted by Crippen LogP contribution is 2.22. The predicted octanol–water partition coefficient (Wildman–Crippen LogP) is 4.85. The van der Waals surface area contributed by atoms with Gasteiger partial charge >= 0.3 is 6.61 Å². The lowest BCUT2D eigenvalue weighted by Crippen LogP contribution is -2.13. The van der Waals surface area contributed by atoms with Crippen molar-refractivity contribution in [1.29, 1.82) is 0 Å². The largest absolute Gasteiger partial charge is 0.435 e. The summed E-state index contributed by atoms with van der Waals surface area (Å²) in [6.07, 6.45) is 1.66. The molecule has 7 heteroatoms. The van der Waals surface area contributed by atoms with E-state index in [1.165, 1.54) is 24.3 Å². The molecule has 0 bridgehead atoms. The first-order valence-electron chi connectivity index (χ1n) is 6.93. The van der Waals surface area contributed by atoms with Crippen LogP contribution in [0.1, 0.15) is 10.4 Å². The highest BCUT2D eigenvalue weighted by Gasteiger charge is 2.09. The van der Waals surface area contributed by atoms with Crippen molar-refractivity contribution in [3.05, 3.63) is 64.8 Å². The molecular formula is C17H11BrF2N2O2. The normalized spacial score (nSPS) is 10.8. The summed E-state index contributed by atoms with van der Waals surface area (Å²) in [5.41, 5.74) is 0.313. The van der Waals surface area contributed by atoms with E-state index in [-0.39, 0.29) is 11.7 Å². The van der Waals surface area contributed by atoms with Gasteiger partial charge in [0.15, 0.2) is 0 Å². The van der Waals surface area contributed by atoms with E-state index in [0.29, 0.717) is 11.4 Å². The maximum atomic E-state index is 12.2. The zero-order valence-corrected chi connectivity index (χ0v) is 13.8. The molecule has 1 heterocycles. The van der Waals surface area contributed by atoms with Gasteiger partial charge < -0.3 is 10.1 Å². The standard InChI is InChI=1S/C17H11BrF2N2O2/c18-13-4-1-11-9-21-15(8-12(11)7-13)22-16(23)10-2-5-14(6-3-10)24-17(19)20/h1-9,17H,(H,21,22,23). The van der Waals surface area contributed by atoms with E-state index in [1.54, 1.807) is 12.3 Å². The molecule has 0 atom stereocenters. The summed E-state index contributed by atoms with van der Waals surface area (Å²) in [6.45, 7) is -2.90. The van der Waals surface area contributed by atoms with Crippen molar-refractivity contribution in [2.24, 2.45) is 0 Å². The van der Waals surface area contributed by atoms with Crippen molar-refractivity contribution in [1.82, 2.24) is 4.98 Å². The minimum Gasteiger partial charge on any atom is -0.435 e. The maximum Gasteiger partial charge on any atom is 0.387 e. The van der Waals surface area contributed by atoms with E-state index in [1.807, 2.05) is 18.2 Å². The molecule has 0 spiro atoms. The van der Waals surface area contributed by atoms with Crippen molar-refractivity contribution >= 4 is 38.4 Å². The Balaban J connectivity index is 1.76. The number of halogens is 3. The zero-order chi connectivity index (χ0) is 17.1. The number of carbonyl (C=O) groups is 1. The van der Waals surface area contributed by atoms with Crippen LogP contribution in [0.4, 0.5) is 14.6 Å². The van der Waals surface area contributed by atoms with Crippen molar-refractivity contribution in [2.75, 3.05) is 5.32 Å². The number of rotatable bonds is 4. The number of amides is 1. The second-order valence-electron chi connectivity index (χ2n) is 4.92. The molecule has 3 rings (SSSR count). The Kier molecular flexibility index (Phi) is 4.71. The van der Waals surface area contributed by atoms with Crippen LogP contribution in [0, 0.1) is 0 Å². The molecule has 0 aliphatic carbocycles. The molecule has 0 fully saturated rings. The van der Waals surface area contributed by atoms with Gasteiger partial charge in [-0.15, -0.1) is 0 Å². The molecule has 0 unspecified atom stereocenters. The molecule has 0 saturated heterocycles. The van der Waals surface area contributed by atoms with Gasteiger partial charge in [-0.3, -0.25) is 4.79 Å². The summed E-state index contributed by atoms with van der Waals surface area (Å²) >= 11 is 3.40. The summed E-state index contributed by atoms with van der Waals surface area (Å²) < 4.78 is 29.4. The Hall–Kier alpha value is -2.54. The number of fused-ring (bicyclic) bond motifs is 1. The number of nitrogens with zero attached hydrogens (tertiary/aromatic N) is 1. The molecule has 1 amide bonds. The molecule has 24 heavy (non-hydrogen) atoms. The number of pyridine rings is 1. The van der Waals surface area contributed by atoms with Gasteiger partial charge in [0.05, 0.1) is 0 Å². The van der Waals surface area contributed by atoms with Gasteiger partial charge in [0.1, 0.15) is 11.6 Å². The molecule has 0 saturated carbocycles. The van der Waals surface area contributed by atoms with E-state index in [2.05, 4.69) is 31.0 Å². The first kappa shape index (κ1) is 16.3. The average Bonchev–Trinajstić information content (AvgIpc) is 2.54. The minimum absolute atomic E-state index is 0.00442. The summed E-state index contributed by atoms with van der Waals surface area (Å²) in [7, 11) is 0. The Morgan fingerprint density at radius 1 is 1.08 bits per heavy atom. The molecule has 1 aromatic heterocycles. The quantitative estimate of drug-likeness (QED) is 0.690.